The van der Waals surface area contributed by atoms with E-state index < -0.39 is 47.8 Å². The summed E-state index contributed by atoms with van der Waals surface area (Å²) in [5, 5.41) is 10.7. The monoisotopic (exact) mass is 253 g/mol. The van der Waals surface area contributed by atoms with E-state index >= 15 is 0 Å². The Labute approximate surface area is 92.3 Å². The third-order valence-corrected chi connectivity index (χ3v) is 1.80. The number of rotatable bonds is 4. The van der Waals surface area contributed by atoms with Gasteiger partial charge in [-0.25, -0.2) is 0 Å². The Morgan fingerprint density at radius 2 is 1.76 bits per heavy atom. The lowest BCUT2D eigenvalue weighted by molar-refractivity contribution is -0.125. The first kappa shape index (κ1) is 13.2. The van der Waals surface area contributed by atoms with E-state index in [0.29, 0.717) is 0 Å². The maximum Gasteiger partial charge on any atom is 0.253 e. The van der Waals surface area contributed by atoms with E-state index in [1.165, 1.54) is 0 Å². The number of aliphatic hydroxyl groups is 1. The van der Waals surface area contributed by atoms with Gasteiger partial charge in [0, 0.05) is 0 Å². The summed E-state index contributed by atoms with van der Waals surface area (Å²) in [4.78, 5) is 12.7. The fourth-order valence-electron chi connectivity index (χ4n) is 0.942. The molecule has 0 spiro atoms. The van der Waals surface area contributed by atoms with Crippen molar-refractivity contribution in [3.63, 3.8) is 0 Å². The van der Waals surface area contributed by atoms with Crippen molar-refractivity contribution in [2.75, 3.05) is 11.9 Å². The van der Waals surface area contributed by atoms with E-state index in [2.05, 4.69) is 10.7 Å². The first-order chi connectivity index (χ1) is 7.84. The molecule has 1 atom stereocenters. The lowest BCUT2D eigenvalue weighted by atomic mass is 10.3. The summed E-state index contributed by atoms with van der Waals surface area (Å²) in [6.45, 7) is -0.702. The van der Waals surface area contributed by atoms with Crippen molar-refractivity contribution in [2.24, 2.45) is 5.73 Å². The minimum Gasteiger partial charge on any atom is -0.381 e. The average Bonchev–Trinajstić information content (AvgIpc) is 2.26. The van der Waals surface area contributed by atoms with Crippen molar-refractivity contribution in [3.05, 3.63) is 23.5 Å². The number of halogens is 4. The molecule has 0 saturated carbocycles. The van der Waals surface area contributed by atoms with Crippen LogP contribution in [0.15, 0.2) is 0 Å². The quantitative estimate of drug-likeness (QED) is 0.516. The number of aromatic nitrogens is 1. The molecule has 1 amide bonds. The van der Waals surface area contributed by atoms with Gasteiger partial charge in [-0.15, -0.1) is 0 Å². The smallest absolute Gasteiger partial charge is 0.253 e. The number of nitrogens with one attached hydrogen (secondary N) is 1. The molecule has 5 nitrogen and oxygen atoms in total. The molecule has 0 radical (unpaired) electrons. The van der Waals surface area contributed by atoms with E-state index in [-0.39, 0.29) is 0 Å². The second kappa shape index (κ2) is 4.95. The summed E-state index contributed by atoms with van der Waals surface area (Å²) in [5.74, 6) is -8.38. The van der Waals surface area contributed by atoms with Gasteiger partial charge in [-0.3, -0.25) is 4.79 Å². The first-order valence-electron chi connectivity index (χ1n) is 4.25. The average molecular weight is 253 g/mol. The second-order valence-corrected chi connectivity index (χ2v) is 3.00. The summed E-state index contributed by atoms with van der Waals surface area (Å²) in [7, 11) is 0. The van der Waals surface area contributed by atoms with Crippen LogP contribution < -0.4 is 11.1 Å². The maximum atomic E-state index is 13.0. The number of carbonyl (C=O) groups is 1. The Kier molecular flexibility index (Phi) is 3.84. The number of aliphatic hydroxyl groups excluding tert-OH is 1. The third kappa shape index (κ3) is 2.81. The van der Waals surface area contributed by atoms with Crippen LogP contribution in [-0.4, -0.2) is 28.6 Å². The number of hydrogen-bond donors (Lipinski definition) is 3. The zero-order valence-corrected chi connectivity index (χ0v) is 8.18. The summed E-state index contributed by atoms with van der Waals surface area (Å²) >= 11 is 0. The van der Waals surface area contributed by atoms with E-state index in [0.717, 1.165) is 0 Å². The van der Waals surface area contributed by atoms with E-state index in [4.69, 9.17) is 5.11 Å². The van der Waals surface area contributed by atoms with Crippen LogP contribution in [0.4, 0.5) is 23.2 Å². The number of pyridine rings is 1. The molecule has 0 saturated heterocycles. The van der Waals surface area contributed by atoms with Gasteiger partial charge in [0.05, 0.1) is 6.54 Å². The number of primary amides is 1. The van der Waals surface area contributed by atoms with Gasteiger partial charge in [-0.05, 0) is 0 Å². The fraction of sp³-hybridized carbons (Fsp3) is 0.250. The molecule has 4 N–H and O–H groups in total. The van der Waals surface area contributed by atoms with Crippen molar-refractivity contribution in [2.45, 2.75) is 6.10 Å². The van der Waals surface area contributed by atoms with Gasteiger partial charge >= 0.3 is 0 Å². The molecule has 0 aromatic carbocycles. The molecule has 1 aromatic heterocycles. The molecular weight excluding hydrogens is 246 g/mol. The molecule has 1 aromatic rings. The fourth-order valence-corrected chi connectivity index (χ4v) is 0.942. The topological polar surface area (TPSA) is 88.2 Å². The Morgan fingerprint density at radius 1 is 1.29 bits per heavy atom. The highest BCUT2D eigenvalue weighted by molar-refractivity contribution is 5.79. The summed E-state index contributed by atoms with van der Waals surface area (Å²) in [6, 6.07) is 0. The molecular formula is C8H7F4N3O2. The van der Waals surface area contributed by atoms with Crippen LogP contribution in [-0.2, 0) is 4.79 Å². The maximum absolute atomic E-state index is 13.0. The minimum atomic E-state index is -1.85. The predicted molar refractivity (Wildman–Crippen MR) is 47.8 cm³/mol. The first-order valence-corrected chi connectivity index (χ1v) is 4.25. The number of hydrogen-bond acceptors (Lipinski definition) is 4. The lowest BCUT2D eigenvalue weighted by Gasteiger charge is -2.11. The van der Waals surface area contributed by atoms with Crippen LogP contribution in [0.1, 0.15) is 0 Å². The Morgan fingerprint density at radius 3 is 2.18 bits per heavy atom. The molecule has 0 aliphatic carbocycles. The van der Waals surface area contributed by atoms with Crippen molar-refractivity contribution in [1.82, 2.24) is 4.98 Å². The van der Waals surface area contributed by atoms with Crippen LogP contribution in [0.3, 0.4) is 0 Å². The number of carbonyl (C=O) groups excluding carboxylic acids is 1. The molecule has 0 aliphatic rings. The zero-order valence-electron chi connectivity index (χ0n) is 8.18. The van der Waals surface area contributed by atoms with Crippen molar-refractivity contribution < 1.29 is 27.5 Å². The normalized spacial score (nSPS) is 12.3. The standard InChI is InChI=1S/C8H7F4N3O2/c9-3-5(14-1-2(16)8(13)17)4(10)7(12)15-6(3)11/h2,16H,1H2,(H2,13,17)(H,14,15). The number of anilines is 1. The minimum absolute atomic E-state index is 0.702. The van der Waals surface area contributed by atoms with E-state index in [9.17, 15) is 22.4 Å². The second-order valence-electron chi connectivity index (χ2n) is 3.00. The Hall–Kier alpha value is -1.90. The van der Waals surface area contributed by atoms with Crippen molar-refractivity contribution in [1.29, 1.82) is 0 Å². The van der Waals surface area contributed by atoms with Gasteiger partial charge in [0.2, 0.25) is 17.5 Å². The number of nitrogens with two attached hydrogens (primary N) is 1. The largest absolute Gasteiger partial charge is 0.381 e. The zero-order chi connectivity index (χ0) is 13.2. The van der Waals surface area contributed by atoms with Crippen molar-refractivity contribution >= 4 is 11.6 Å². The van der Waals surface area contributed by atoms with Crippen LogP contribution >= 0.6 is 0 Å². The highest BCUT2D eigenvalue weighted by atomic mass is 19.2. The highest BCUT2D eigenvalue weighted by Crippen LogP contribution is 2.21. The van der Waals surface area contributed by atoms with Gasteiger partial charge in [0.15, 0.2) is 0 Å². The summed E-state index contributed by atoms with van der Waals surface area (Å²) in [5.41, 5.74) is 3.49. The third-order valence-electron chi connectivity index (χ3n) is 1.80. The molecule has 0 bridgehead atoms. The van der Waals surface area contributed by atoms with Crippen LogP contribution in [0.2, 0.25) is 0 Å². The number of amides is 1. The Balaban J connectivity index is 2.95. The van der Waals surface area contributed by atoms with Gasteiger partial charge in [-0.2, -0.15) is 22.5 Å². The van der Waals surface area contributed by atoms with Gasteiger partial charge in [0.25, 0.3) is 11.9 Å². The Bertz CT molecular complexity index is 429. The molecule has 9 heteroatoms. The molecule has 17 heavy (non-hydrogen) atoms. The van der Waals surface area contributed by atoms with E-state index in [1.807, 2.05) is 5.32 Å². The van der Waals surface area contributed by atoms with Gasteiger partial charge in [0.1, 0.15) is 11.8 Å². The molecule has 1 unspecified atom stereocenters. The molecule has 0 aliphatic heterocycles. The van der Waals surface area contributed by atoms with Crippen LogP contribution in [0.5, 0.6) is 0 Å². The van der Waals surface area contributed by atoms with E-state index in [1.54, 1.807) is 0 Å². The molecule has 1 rings (SSSR count). The highest BCUT2D eigenvalue weighted by Gasteiger charge is 2.21. The van der Waals surface area contributed by atoms with Gasteiger partial charge in [-0.1, -0.05) is 0 Å². The molecule has 1 heterocycles. The van der Waals surface area contributed by atoms with Crippen molar-refractivity contribution in [3.8, 4) is 0 Å². The predicted octanol–water partition coefficient (Wildman–Crippen LogP) is -0.104. The SMILES string of the molecule is NC(=O)C(O)CNc1c(F)c(F)nc(F)c1F. The van der Waals surface area contributed by atoms with Gasteiger partial charge < -0.3 is 16.2 Å². The lowest BCUT2D eigenvalue weighted by Crippen LogP contribution is -2.34. The van der Waals surface area contributed by atoms with Crippen LogP contribution in [0.25, 0.3) is 0 Å². The van der Waals surface area contributed by atoms with Crippen LogP contribution in [0, 0.1) is 23.5 Å². The summed E-state index contributed by atoms with van der Waals surface area (Å²) in [6.07, 6.45) is -1.76. The molecule has 94 valence electrons. The summed E-state index contributed by atoms with van der Waals surface area (Å²) < 4.78 is 51.2. The molecule has 0 fully saturated rings. The number of nitrogens with zero attached hydrogens (tertiary/aromatic N) is 1.